The van der Waals surface area contributed by atoms with E-state index in [0.29, 0.717) is 16.8 Å². The lowest BCUT2D eigenvalue weighted by Gasteiger charge is -2.05. The molecule has 0 aliphatic rings. The number of ether oxygens (including phenoxy) is 1. The zero-order valence-corrected chi connectivity index (χ0v) is 10.1. The minimum atomic E-state index is -0.301. The molecule has 0 aliphatic carbocycles. The van der Waals surface area contributed by atoms with Gasteiger partial charge in [0.25, 0.3) is 0 Å². The van der Waals surface area contributed by atoms with E-state index in [4.69, 9.17) is 4.74 Å². The van der Waals surface area contributed by atoms with Crippen molar-refractivity contribution in [1.29, 1.82) is 0 Å². The molecule has 0 N–H and O–H groups in total. The summed E-state index contributed by atoms with van der Waals surface area (Å²) in [6.07, 6.45) is 0. The van der Waals surface area contributed by atoms with Crippen molar-refractivity contribution in [3.8, 4) is 5.75 Å². The predicted octanol–water partition coefficient (Wildman–Crippen LogP) is 4.23. The maximum absolute atomic E-state index is 13.0. The van der Waals surface area contributed by atoms with Crippen molar-refractivity contribution < 1.29 is 9.13 Å². The van der Waals surface area contributed by atoms with E-state index in [9.17, 15) is 4.39 Å². The van der Waals surface area contributed by atoms with Crippen LogP contribution in [0.1, 0.15) is 5.56 Å². The van der Waals surface area contributed by atoms with Crippen molar-refractivity contribution in [2.45, 2.75) is 6.61 Å². The Morgan fingerprint density at radius 2 is 2.20 bits per heavy atom. The quantitative estimate of drug-likeness (QED) is 0.821. The number of hydrogen-bond acceptors (Lipinski definition) is 2. The molecule has 0 aliphatic heterocycles. The number of halogens is 2. The monoisotopic (exact) mass is 286 g/mol. The van der Waals surface area contributed by atoms with E-state index in [2.05, 4.69) is 15.9 Å². The number of hydrogen-bond donors (Lipinski definition) is 0. The van der Waals surface area contributed by atoms with Gasteiger partial charge in [-0.1, -0.05) is 15.9 Å². The molecule has 1 aromatic heterocycles. The lowest BCUT2D eigenvalue weighted by Crippen LogP contribution is -1.94. The van der Waals surface area contributed by atoms with Crippen molar-refractivity contribution >= 4 is 27.3 Å². The van der Waals surface area contributed by atoms with E-state index < -0.39 is 0 Å². The summed E-state index contributed by atoms with van der Waals surface area (Å²) in [5.74, 6) is 0.234. The summed E-state index contributed by atoms with van der Waals surface area (Å²) in [4.78, 5) is 0. The molecule has 78 valence electrons. The standard InChI is InChI=1S/C11H8BrFOS/c12-9-3-10(13)5-11(4-9)14-6-8-1-2-15-7-8/h1-5,7H,6H2. The molecule has 15 heavy (non-hydrogen) atoms. The molecule has 0 unspecified atom stereocenters. The van der Waals surface area contributed by atoms with Gasteiger partial charge in [-0.05, 0) is 34.5 Å². The lowest BCUT2D eigenvalue weighted by molar-refractivity contribution is 0.305. The highest BCUT2D eigenvalue weighted by atomic mass is 79.9. The summed E-state index contributed by atoms with van der Waals surface area (Å²) in [5.41, 5.74) is 1.10. The van der Waals surface area contributed by atoms with Gasteiger partial charge in [-0.3, -0.25) is 0 Å². The first-order chi connectivity index (χ1) is 7.24. The fraction of sp³-hybridized carbons (Fsp3) is 0.0909. The highest BCUT2D eigenvalue weighted by Crippen LogP contribution is 2.21. The summed E-state index contributed by atoms with van der Waals surface area (Å²) in [6, 6.07) is 6.50. The minimum absolute atomic E-state index is 0.301. The molecule has 0 radical (unpaired) electrons. The smallest absolute Gasteiger partial charge is 0.128 e. The average Bonchev–Trinajstić information content (AvgIpc) is 2.65. The Morgan fingerprint density at radius 3 is 2.87 bits per heavy atom. The Hall–Kier alpha value is -0.870. The fourth-order valence-electron chi connectivity index (χ4n) is 1.15. The number of rotatable bonds is 3. The van der Waals surface area contributed by atoms with Crippen LogP contribution in [0.5, 0.6) is 5.75 Å². The Labute approximate surface area is 99.6 Å². The second kappa shape index (κ2) is 4.77. The van der Waals surface area contributed by atoms with Crippen LogP contribution in [0.2, 0.25) is 0 Å². The van der Waals surface area contributed by atoms with Crippen LogP contribution in [0.15, 0.2) is 39.5 Å². The summed E-state index contributed by atoms with van der Waals surface area (Å²) in [6.45, 7) is 0.472. The fourth-order valence-corrected chi connectivity index (χ4v) is 2.25. The van der Waals surface area contributed by atoms with Crippen LogP contribution in [-0.4, -0.2) is 0 Å². The van der Waals surface area contributed by atoms with Crippen molar-refractivity contribution in [3.05, 3.63) is 50.9 Å². The van der Waals surface area contributed by atoms with Gasteiger partial charge in [-0.15, -0.1) is 0 Å². The molecule has 0 saturated carbocycles. The van der Waals surface area contributed by atoms with Crippen LogP contribution in [-0.2, 0) is 6.61 Å². The topological polar surface area (TPSA) is 9.23 Å². The van der Waals surface area contributed by atoms with Gasteiger partial charge < -0.3 is 4.74 Å². The maximum atomic E-state index is 13.0. The Bertz CT molecular complexity index is 422. The molecule has 2 aromatic rings. The zero-order valence-electron chi connectivity index (χ0n) is 7.74. The second-order valence-corrected chi connectivity index (χ2v) is 4.72. The minimum Gasteiger partial charge on any atom is -0.489 e. The number of thiophene rings is 1. The van der Waals surface area contributed by atoms with E-state index >= 15 is 0 Å². The highest BCUT2D eigenvalue weighted by Gasteiger charge is 2.00. The Balaban J connectivity index is 2.05. The Morgan fingerprint density at radius 1 is 1.33 bits per heavy atom. The van der Waals surface area contributed by atoms with Crippen LogP contribution < -0.4 is 4.74 Å². The first-order valence-corrected chi connectivity index (χ1v) is 6.07. The van der Waals surface area contributed by atoms with Gasteiger partial charge in [0.05, 0.1) is 0 Å². The third-order valence-corrected chi connectivity index (χ3v) is 3.01. The zero-order chi connectivity index (χ0) is 10.7. The molecule has 1 aromatic carbocycles. The summed E-state index contributed by atoms with van der Waals surface area (Å²) >= 11 is 4.83. The predicted molar refractivity (Wildman–Crippen MR) is 62.8 cm³/mol. The largest absolute Gasteiger partial charge is 0.489 e. The van der Waals surface area contributed by atoms with E-state index in [1.165, 1.54) is 12.1 Å². The van der Waals surface area contributed by atoms with Crippen LogP contribution >= 0.6 is 27.3 Å². The lowest BCUT2D eigenvalue weighted by atomic mass is 10.3. The van der Waals surface area contributed by atoms with E-state index in [1.807, 2.05) is 16.8 Å². The van der Waals surface area contributed by atoms with Gasteiger partial charge in [0.2, 0.25) is 0 Å². The van der Waals surface area contributed by atoms with E-state index in [-0.39, 0.29) is 5.82 Å². The molecule has 0 fully saturated rings. The first kappa shape index (κ1) is 10.6. The third-order valence-electron chi connectivity index (χ3n) is 1.82. The molecule has 0 spiro atoms. The summed E-state index contributed by atoms with van der Waals surface area (Å²) in [5, 5.41) is 3.99. The van der Waals surface area contributed by atoms with Gasteiger partial charge >= 0.3 is 0 Å². The van der Waals surface area contributed by atoms with Crippen molar-refractivity contribution in [2.24, 2.45) is 0 Å². The van der Waals surface area contributed by atoms with Crippen LogP contribution in [0, 0.1) is 5.82 Å². The molecular weight excluding hydrogens is 279 g/mol. The number of benzene rings is 1. The van der Waals surface area contributed by atoms with Crippen LogP contribution in [0.25, 0.3) is 0 Å². The van der Waals surface area contributed by atoms with Gasteiger partial charge in [0, 0.05) is 10.5 Å². The second-order valence-electron chi connectivity index (χ2n) is 3.03. The van der Waals surface area contributed by atoms with Gasteiger partial charge in [0.15, 0.2) is 0 Å². The summed E-state index contributed by atoms with van der Waals surface area (Å²) in [7, 11) is 0. The maximum Gasteiger partial charge on any atom is 0.128 e. The average molecular weight is 287 g/mol. The normalized spacial score (nSPS) is 10.3. The molecule has 1 heterocycles. The van der Waals surface area contributed by atoms with Gasteiger partial charge in [0.1, 0.15) is 18.2 Å². The Kier molecular flexibility index (Phi) is 3.38. The molecule has 0 bridgehead atoms. The summed E-state index contributed by atoms with van der Waals surface area (Å²) < 4.78 is 19.1. The van der Waals surface area contributed by atoms with Crippen molar-refractivity contribution in [1.82, 2.24) is 0 Å². The molecule has 2 rings (SSSR count). The third kappa shape index (κ3) is 3.04. The van der Waals surface area contributed by atoms with Gasteiger partial charge in [-0.2, -0.15) is 11.3 Å². The van der Waals surface area contributed by atoms with Crippen molar-refractivity contribution in [3.63, 3.8) is 0 Å². The van der Waals surface area contributed by atoms with Crippen LogP contribution in [0.3, 0.4) is 0 Å². The first-order valence-electron chi connectivity index (χ1n) is 4.34. The molecule has 0 saturated heterocycles. The van der Waals surface area contributed by atoms with E-state index in [0.717, 1.165) is 5.56 Å². The van der Waals surface area contributed by atoms with Gasteiger partial charge in [-0.25, -0.2) is 4.39 Å². The molecular formula is C11H8BrFOS. The molecule has 1 nitrogen and oxygen atoms in total. The molecule has 4 heteroatoms. The highest BCUT2D eigenvalue weighted by molar-refractivity contribution is 9.10. The molecule has 0 amide bonds. The van der Waals surface area contributed by atoms with Crippen molar-refractivity contribution in [2.75, 3.05) is 0 Å². The molecule has 0 atom stereocenters. The van der Waals surface area contributed by atoms with Crippen LogP contribution in [0.4, 0.5) is 4.39 Å². The SMILES string of the molecule is Fc1cc(Br)cc(OCc2ccsc2)c1. The van der Waals surface area contributed by atoms with E-state index in [1.54, 1.807) is 17.4 Å².